The van der Waals surface area contributed by atoms with Crippen LogP contribution < -0.4 is 5.32 Å². The normalized spacial score (nSPS) is 18.8. The minimum atomic E-state index is 0.449. The molecule has 2 aromatic carbocycles. The van der Waals surface area contributed by atoms with Crippen LogP contribution in [0.2, 0.25) is 5.02 Å². The van der Waals surface area contributed by atoms with Crippen LogP contribution in [0.5, 0.6) is 0 Å². The lowest BCUT2D eigenvalue weighted by molar-refractivity contribution is 0.489. The molecule has 2 atom stereocenters. The summed E-state index contributed by atoms with van der Waals surface area (Å²) in [7, 11) is 2.06. The lowest BCUT2D eigenvalue weighted by Gasteiger charge is -2.23. The van der Waals surface area contributed by atoms with E-state index in [1.807, 2.05) is 23.9 Å². The molecule has 0 saturated heterocycles. The van der Waals surface area contributed by atoms with Gasteiger partial charge in [0.25, 0.3) is 0 Å². The third-order valence-corrected chi connectivity index (χ3v) is 5.38. The van der Waals surface area contributed by atoms with Crippen LogP contribution in [-0.4, -0.2) is 18.8 Å². The molecule has 0 amide bonds. The average Bonchev–Trinajstić information content (AvgIpc) is 2.89. The van der Waals surface area contributed by atoms with Crippen LogP contribution in [0.4, 0.5) is 0 Å². The second kappa shape index (κ2) is 6.21. The van der Waals surface area contributed by atoms with Crippen LogP contribution in [0.3, 0.4) is 0 Å². The van der Waals surface area contributed by atoms with Gasteiger partial charge in [-0.05, 0) is 42.8 Å². The first-order valence-corrected chi connectivity index (χ1v) is 8.27. The molecule has 1 N–H and O–H groups in total. The van der Waals surface area contributed by atoms with Crippen molar-refractivity contribution >= 4 is 23.4 Å². The quantitative estimate of drug-likeness (QED) is 0.900. The van der Waals surface area contributed by atoms with Gasteiger partial charge in [0.15, 0.2) is 0 Å². The Bertz CT molecular complexity index is 599. The van der Waals surface area contributed by atoms with Crippen molar-refractivity contribution in [2.45, 2.75) is 23.3 Å². The van der Waals surface area contributed by atoms with E-state index < -0.39 is 0 Å². The standard InChI is InChI=1S/C17H18ClNS/c1-19-16(10-12-5-4-6-13(18)9-12)15-11-20-17-8-3-2-7-14(15)17/h2-9,15-16,19H,10-11H2,1H3. The summed E-state index contributed by atoms with van der Waals surface area (Å²) in [4.78, 5) is 1.43. The van der Waals surface area contributed by atoms with Crippen molar-refractivity contribution in [2.24, 2.45) is 0 Å². The first-order chi connectivity index (χ1) is 9.78. The van der Waals surface area contributed by atoms with E-state index in [0.29, 0.717) is 12.0 Å². The number of fused-ring (bicyclic) bond motifs is 1. The molecule has 0 aliphatic carbocycles. The molecule has 0 aromatic heterocycles. The first kappa shape index (κ1) is 14.0. The Balaban J connectivity index is 1.81. The lowest BCUT2D eigenvalue weighted by atomic mass is 9.89. The van der Waals surface area contributed by atoms with E-state index in [0.717, 1.165) is 17.2 Å². The molecule has 0 spiro atoms. The highest BCUT2D eigenvalue weighted by atomic mass is 35.5. The van der Waals surface area contributed by atoms with Crippen LogP contribution in [0.1, 0.15) is 17.0 Å². The largest absolute Gasteiger partial charge is 0.316 e. The predicted molar refractivity (Wildman–Crippen MR) is 87.9 cm³/mol. The highest BCUT2D eigenvalue weighted by Crippen LogP contribution is 2.41. The van der Waals surface area contributed by atoms with Gasteiger partial charge in [-0.3, -0.25) is 0 Å². The molecule has 2 unspecified atom stereocenters. The molecule has 0 saturated carbocycles. The number of nitrogens with one attached hydrogen (secondary N) is 1. The molecular formula is C17H18ClNS. The zero-order valence-corrected chi connectivity index (χ0v) is 13.0. The SMILES string of the molecule is CNC(Cc1cccc(Cl)c1)C1CSc2ccccc21. The van der Waals surface area contributed by atoms with E-state index in [9.17, 15) is 0 Å². The van der Waals surface area contributed by atoms with Crippen molar-refractivity contribution in [1.29, 1.82) is 0 Å². The average molecular weight is 304 g/mol. The van der Waals surface area contributed by atoms with Crippen molar-refractivity contribution in [2.75, 3.05) is 12.8 Å². The van der Waals surface area contributed by atoms with E-state index in [-0.39, 0.29) is 0 Å². The third-order valence-electron chi connectivity index (χ3n) is 3.94. The second-order valence-electron chi connectivity index (χ2n) is 5.18. The Labute approximate surface area is 129 Å². The Morgan fingerprint density at radius 3 is 2.90 bits per heavy atom. The van der Waals surface area contributed by atoms with E-state index in [2.05, 4.69) is 48.8 Å². The molecule has 2 aromatic rings. The summed E-state index contributed by atoms with van der Waals surface area (Å²) in [5.41, 5.74) is 2.78. The Morgan fingerprint density at radius 1 is 1.25 bits per heavy atom. The number of benzene rings is 2. The lowest BCUT2D eigenvalue weighted by Crippen LogP contribution is -2.34. The topological polar surface area (TPSA) is 12.0 Å². The van der Waals surface area contributed by atoms with E-state index in [1.54, 1.807) is 0 Å². The second-order valence-corrected chi connectivity index (χ2v) is 6.68. The number of rotatable bonds is 4. The number of hydrogen-bond acceptors (Lipinski definition) is 2. The van der Waals surface area contributed by atoms with Crippen molar-refractivity contribution < 1.29 is 0 Å². The summed E-state index contributed by atoms with van der Waals surface area (Å²) in [6.45, 7) is 0. The fraction of sp³-hybridized carbons (Fsp3) is 0.294. The molecule has 1 aliphatic heterocycles. The maximum absolute atomic E-state index is 6.09. The maximum atomic E-state index is 6.09. The molecule has 0 radical (unpaired) electrons. The van der Waals surface area contributed by atoms with Crippen LogP contribution in [0.15, 0.2) is 53.4 Å². The Morgan fingerprint density at radius 2 is 2.10 bits per heavy atom. The molecule has 104 valence electrons. The minimum absolute atomic E-state index is 0.449. The number of likely N-dealkylation sites (N-methyl/N-ethyl adjacent to an activating group) is 1. The summed E-state index contributed by atoms with van der Waals surface area (Å²) in [6, 6.07) is 17.4. The monoisotopic (exact) mass is 303 g/mol. The van der Waals surface area contributed by atoms with Gasteiger partial charge in [0.2, 0.25) is 0 Å². The number of halogens is 1. The zero-order valence-electron chi connectivity index (χ0n) is 11.5. The van der Waals surface area contributed by atoms with Crippen molar-refractivity contribution in [3.8, 4) is 0 Å². The van der Waals surface area contributed by atoms with Gasteiger partial charge in [-0.1, -0.05) is 41.9 Å². The fourth-order valence-corrected chi connectivity index (χ4v) is 4.43. The van der Waals surface area contributed by atoms with E-state index in [4.69, 9.17) is 11.6 Å². The van der Waals surface area contributed by atoms with Gasteiger partial charge in [0, 0.05) is 27.6 Å². The van der Waals surface area contributed by atoms with Crippen molar-refractivity contribution in [3.63, 3.8) is 0 Å². The number of hydrogen-bond donors (Lipinski definition) is 1. The van der Waals surface area contributed by atoms with Crippen LogP contribution in [0, 0.1) is 0 Å². The number of thioether (sulfide) groups is 1. The summed E-state index contributed by atoms with van der Waals surface area (Å²) < 4.78 is 0. The molecule has 0 fully saturated rings. The van der Waals surface area contributed by atoms with E-state index in [1.165, 1.54) is 16.0 Å². The molecule has 1 nitrogen and oxygen atoms in total. The summed E-state index contributed by atoms with van der Waals surface area (Å²) in [5, 5.41) is 4.31. The highest BCUT2D eigenvalue weighted by molar-refractivity contribution is 7.99. The molecule has 1 heterocycles. The maximum Gasteiger partial charge on any atom is 0.0408 e. The molecule has 3 rings (SSSR count). The minimum Gasteiger partial charge on any atom is -0.316 e. The Hall–Kier alpha value is -0.960. The van der Waals surface area contributed by atoms with Gasteiger partial charge in [-0.15, -0.1) is 11.8 Å². The summed E-state index contributed by atoms with van der Waals surface area (Å²) in [5.74, 6) is 1.73. The predicted octanol–water partition coefficient (Wildman–Crippen LogP) is 4.36. The molecule has 1 aliphatic rings. The summed E-state index contributed by atoms with van der Waals surface area (Å²) in [6.07, 6.45) is 1.01. The first-order valence-electron chi connectivity index (χ1n) is 6.91. The van der Waals surface area contributed by atoms with Crippen LogP contribution in [0.25, 0.3) is 0 Å². The van der Waals surface area contributed by atoms with Crippen LogP contribution >= 0.6 is 23.4 Å². The van der Waals surface area contributed by atoms with Crippen LogP contribution in [-0.2, 0) is 6.42 Å². The van der Waals surface area contributed by atoms with Crippen molar-refractivity contribution in [3.05, 3.63) is 64.7 Å². The van der Waals surface area contributed by atoms with Gasteiger partial charge in [0.05, 0.1) is 0 Å². The van der Waals surface area contributed by atoms with Gasteiger partial charge in [-0.2, -0.15) is 0 Å². The molecule has 0 bridgehead atoms. The molecular weight excluding hydrogens is 286 g/mol. The van der Waals surface area contributed by atoms with E-state index >= 15 is 0 Å². The van der Waals surface area contributed by atoms with Gasteiger partial charge < -0.3 is 5.32 Å². The molecule has 3 heteroatoms. The van der Waals surface area contributed by atoms with Crippen molar-refractivity contribution in [1.82, 2.24) is 5.32 Å². The molecule has 20 heavy (non-hydrogen) atoms. The Kier molecular flexibility index (Phi) is 4.35. The smallest absolute Gasteiger partial charge is 0.0408 e. The zero-order chi connectivity index (χ0) is 13.9. The fourth-order valence-electron chi connectivity index (χ4n) is 2.88. The third kappa shape index (κ3) is 2.88. The van der Waals surface area contributed by atoms with Gasteiger partial charge in [-0.25, -0.2) is 0 Å². The highest BCUT2D eigenvalue weighted by Gasteiger charge is 2.29. The van der Waals surface area contributed by atoms with Gasteiger partial charge in [0.1, 0.15) is 0 Å². The summed E-state index contributed by atoms with van der Waals surface area (Å²) >= 11 is 8.06. The van der Waals surface area contributed by atoms with Gasteiger partial charge >= 0.3 is 0 Å².